The maximum atomic E-state index is 11.8. The molecule has 0 aromatic rings. The molecule has 0 heterocycles. The molecule has 0 rings (SSSR count). The number of nitrogens with one attached hydrogen (secondary N) is 2. The standard InChI is InChI=1S/C12H22F2N2O4/c1-12(2,3)8(6-10(17)18)16-11(19)15-4-5-20-7-9(13)14/h8-9H,4-7H2,1-3H3,(H,17,18)(H2,15,16,19). The highest BCUT2D eigenvalue weighted by atomic mass is 19.3. The van der Waals surface area contributed by atoms with Gasteiger partial charge in [-0.3, -0.25) is 4.79 Å². The summed E-state index contributed by atoms with van der Waals surface area (Å²) in [4.78, 5) is 22.3. The van der Waals surface area contributed by atoms with E-state index in [0.717, 1.165) is 0 Å². The highest BCUT2D eigenvalue weighted by Crippen LogP contribution is 2.21. The van der Waals surface area contributed by atoms with Crippen LogP contribution < -0.4 is 10.6 Å². The second-order valence-electron chi connectivity index (χ2n) is 5.38. The maximum absolute atomic E-state index is 11.8. The van der Waals surface area contributed by atoms with E-state index in [0.29, 0.717) is 0 Å². The van der Waals surface area contributed by atoms with E-state index in [1.165, 1.54) is 0 Å². The third-order valence-corrected chi connectivity index (χ3v) is 2.51. The Morgan fingerprint density at radius 1 is 1.30 bits per heavy atom. The predicted octanol–water partition coefficient (Wildman–Crippen LogP) is 1.46. The first-order valence-electron chi connectivity index (χ1n) is 6.25. The van der Waals surface area contributed by atoms with Crippen LogP contribution in [-0.2, 0) is 9.53 Å². The number of hydrogen-bond donors (Lipinski definition) is 3. The summed E-state index contributed by atoms with van der Waals surface area (Å²) in [6.45, 7) is 4.80. The van der Waals surface area contributed by atoms with E-state index in [9.17, 15) is 18.4 Å². The van der Waals surface area contributed by atoms with Gasteiger partial charge in [-0.1, -0.05) is 20.8 Å². The van der Waals surface area contributed by atoms with Crippen molar-refractivity contribution in [2.75, 3.05) is 19.8 Å². The number of hydrogen-bond acceptors (Lipinski definition) is 3. The number of carbonyl (C=O) groups excluding carboxylic acids is 1. The zero-order valence-corrected chi connectivity index (χ0v) is 11.9. The van der Waals surface area contributed by atoms with Crippen LogP contribution in [0, 0.1) is 5.41 Å². The van der Waals surface area contributed by atoms with Gasteiger partial charge in [-0.2, -0.15) is 0 Å². The Hall–Kier alpha value is -1.44. The van der Waals surface area contributed by atoms with Crippen LogP contribution in [0.25, 0.3) is 0 Å². The fraction of sp³-hybridized carbons (Fsp3) is 0.833. The van der Waals surface area contributed by atoms with Crippen molar-refractivity contribution in [2.24, 2.45) is 5.41 Å². The van der Waals surface area contributed by atoms with Crippen LogP contribution in [0.3, 0.4) is 0 Å². The molecule has 0 aromatic heterocycles. The molecule has 8 heteroatoms. The third kappa shape index (κ3) is 9.48. The molecule has 0 aliphatic carbocycles. The molecule has 1 unspecified atom stereocenters. The molecule has 2 amide bonds. The summed E-state index contributed by atoms with van der Waals surface area (Å²) in [6.07, 6.45) is -2.73. The van der Waals surface area contributed by atoms with Crippen molar-refractivity contribution in [3.63, 3.8) is 0 Å². The number of ether oxygens (including phenoxy) is 1. The van der Waals surface area contributed by atoms with Gasteiger partial charge in [0.2, 0.25) is 0 Å². The lowest BCUT2D eigenvalue weighted by atomic mass is 9.85. The normalized spacial score (nSPS) is 13.1. The summed E-state index contributed by atoms with van der Waals surface area (Å²) in [7, 11) is 0. The average Bonchev–Trinajstić information content (AvgIpc) is 2.25. The molecular weight excluding hydrogens is 274 g/mol. The Labute approximate surface area is 116 Å². The van der Waals surface area contributed by atoms with Crippen LogP contribution in [0.4, 0.5) is 13.6 Å². The summed E-state index contributed by atoms with van der Waals surface area (Å²) in [5.74, 6) is -1.01. The lowest BCUT2D eigenvalue weighted by molar-refractivity contribution is -0.138. The Balaban J connectivity index is 4.05. The highest BCUT2D eigenvalue weighted by molar-refractivity contribution is 5.75. The zero-order chi connectivity index (χ0) is 15.8. The number of alkyl halides is 2. The van der Waals surface area contributed by atoms with Gasteiger partial charge >= 0.3 is 12.0 Å². The third-order valence-electron chi connectivity index (χ3n) is 2.51. The smallest absolute Gasteiger partial charge is 0.315 e. The second kappa shape index (κ2) is 8.68. The van der Waals surface area contributed by atoms with E-state index in [1.807, 2.05) is 20.8 Å². The van der Waals surface area contributed by atoms with E-state index in [4.69, 9.17) is 5.11 Å². The SMILES string of the molecule is CC(C)(C)C(CC(=O)O)NC(=O)NCCOCC(F)F. The van der Waals surface area contributed by atoms with Crippen LogP contribution in [0.1, 0.15) is 27.2 Å². The van der Waals surface area contributed by atoms with Gasteiger partial charge in [0.25, 0.3) is 6.43 Å². The Bertz CT molecular complexity index is 319. The molecule has 0 saturated carbocycles. The lowest BCUT2D eigenvalue weighted by Crippen LogP contribution is -2.49. The van der Waals surface area contributed by atoms with Crippen LogP contribution >= 0.6 is 0 Å². The largest absolute Gasteiger partial charge is 0.481 e. The number of carboxylic acids is 1. The quantitative estimate of drug-likeness (QED) is 0.592. The minimum atomic E-state index is -2.54. The lowest BCUT2D eigenvalue weighted by Gasteiger charge is -2.30. The summed E-state index contributed by atoms with van der Waals surface area (Å²) in [5.41, 5.74) is -0.415. The number of carboxylic acid groups (broad SMARTS) is 1. The van der Waals surface area contributed by atoms with Gasteiger partial charge in [-0.25, -0.2) is 13.6 Å². The van der Waals surface area contributed by atoms with E-state index in [-0.39, 0.29) is 19.6 Å². The minimum absolute atomic E-state index is 0.0309. The summed E-state index contributed by atoms with van der Waals surface area (Å²) >= 11 is 0. The number of amides is 2. The van der Waals surface area contributed by atoms with Crippen molar-refractivity contribution in [2.45, 2.75) is 39.7 Å². The van der Waals surface area contributed by atoms with Gasteiger partial charge in [-0.15, -0.1) is 0 Å². The van der Waals surface area contributed by atoms with E-state index in [2.05, 4.69) is 15.4 Å². The van der Waals surface area contributed by atoms with Crippen LogP contribution in [0.5, 0.6) is 0 Å². The van der Waals surface area contributed by atoms with Gasteiger partial charge in [0.1, 0.15) is 6.61 Å². The van der Waals surface area contributed by atoms with E-state index < -0.39 is 36.5 Å². The highest BCUT2D eigenvalue weighted by Gasteiger charge is 2.28. The first-order chi connectivity index (χ1) is 9.12. The van der Waals surface area contributed by atoms with Crippen molar-refractivity contribution < 1.29 is 28.2 Å². The predicted molar refractivity (Wildman–Crippen MR) is 68.9 cm³/mol. The number of urea groups is 1. The molecule has 3 N–H and O–H groups in total. The van der Waals surface area contributed by atoms with Crippen molar-refractivity contribution in [3.8, 4) is 0 Å². The van der Waals surface area contributed by atoms with Crippen LogP contribution in [0.2, 0.25) is 0 Å². The van der Waals surface area contributed by atoms with Crippen LogP contribution in [0.15, 0.2) is 0 Å². The van der Waals surface area contributed by atoms with Crippen molar-refractivity contribution in [1.82, 2.24) is 10.6 Å². The molecule has 20 heavy (non-hydrogen) atoms. The molecule has 0 bridgehead atoms. The van der Waals surface area contributed by atoms with Gasteiger partial charge in [0.05, 0.1) is 13.0 Å². The molecule has 118 valence electrons. The van der Waals surface area contributed by atoms with Gasteiger partial charge in [0, 0.05) is 12.6 Å². The summed E-state index contributed by atoms with van der Waals surface area (Å²) in [6, 6.07) is -1.09. The fourth-order valence-corrected chi connectivity index (χ4v) is 1.37. The molecule has 0 spiro atoms. The summed E-state index contributed by atoms with van der Waals surface area (Å²) < 4.78 is 28.1. The fourth-order valence-electron chi connectivity index (χ4n) is 1.37. The molecule has 0 aromatic carbocycles. The van der Waals surface area contributed by atoms with Crippen molar-refractivity contribution >= 4 is 12.0 Å². The molecule has 6 nitrogen and oxygen atoms in total. The van der Waals surface area contributed by atoms with Gasteiger partial charge < -0.3 is 20.5 Å². The molecule has 0 fully saturated rings. The molecular formula is C12H22F2N2O4. The van der Waals surface area contributed by atoms with Gasteiger partial charge in [0.15, 0.2) is 0 Å². The van der Waals surface area contributed by atoms with Crippen molar-refractivity contribution in [1.29, 1.82) is 0 Å². The average molecular weight is 296 g/mol. The van der Waals surface area contributed by atoms with Gasteiger partial charge in [-0.05, 0) is 5.41 Å². The van der Waals surface area contributed by atoms with Crippen molar-refractivity contribution in [3.05, 3.63) is 0 Å². The molecule has 1 atom stereocenters. The Morgan fingerprint density at radius 3 is 2.35 bits per heavy atom. The number of carbonyl (C=O) groups is 2. The molecule has 0 aliphatic heterocycles. The van der Waals surface area contributed by atoms with E-state index in [1.54, 1.807) is 0 Å². The maximum Gasteiger partial charge on any atom is 0.315 e. The first kappa shape index (κ1) is 18.6. The first-order valence-corrected chi connectivity index (χ1v) is 6.25. The molecule has 0 saturated heterocycles. The van der Waals surface area contributed by atoms with E-state index >= 15 is 0 Å². The van der Waals surface area contributed by atoms with Crippen LogP contribution in [-0.4, -0.2) is 49.3 Å². The number of aliphatic carboxylic acids is 1. The number of rotatable bonds is 8. The Morgan fingerprint density at radius 2 is 1.90 bits per heavy atom. The Kier molecular flexibility index (Phi) is 8.05. The molecule has 0 aliphatic rings. The summed E-state index contributed by atoms with van der Waals surface area (Å²) in [5, 5.41) is 13.8. The monoisotopic (exact) mass is 296 g/mol. The number of halogens is 2. The second-order valence-corrected chi connectivity index (χ2v) is 5.38. The topological polar surface area (TPSA) is 87.7 Å². The molecule has 0 radical (unpaired) electrons. The minimum Gasteiger partial charge on any atom is -0.481 e. The zero-order valence-electron chi connectivity index (χ0n) is 11.9.